The first kappa shape index (κ1) is 31.0. The first-order valence-corrected chi connectivity index (χ1v) is 16.1. The molecule has 0 heterocycles. The van der Waals surface area contributed by atoms with E-state index in [9.17, 15) is 8.42 Å². The SMILES string of the molecule is CCCCCCCC/C=C\CCCCCCCCCCCCOc1ccc(S(=O)(=O)Cl)cc1C. The molecule has 0 aliphatic heterocycles. The number of hydrogen-bond acceptors (Lipinski definition) is 3. The van der Waals surface area contributed by atoms with Crippen LogP contribution in [0.15, 0.2) is 35.2 Å². The zero-order valence-electron chi connectivity index (χ0n) is 21.8. The van der Waals surface area contributed by atoms with Crippen molar-refractivity contribution in [3.8, 4) is 5.75 Å². The molecule has 0 amide bonds. The van der Waals surface area contributed by atoms with E-state index < -0.39 is 9.05 Å². The van der Waals surface area contributed by atoms with Crippen molar-refractivity contribution in [1.82, 2.24) is 0 Å². The molecule has 0 N–H and O–H groups in total. The molecule has 0 spiro atoms. The van der Waals surface area contributed by atoms with Gasteiger partial charge in [0.15, 0.2) is 0 Å². The van der Waals surface area contributed by atoms with E-state index >= 15 is 0 Å². The third-order valence-corrected chi connectivity index (χ3v) is 7.69. The predicted octanol–water partition coefficient (Wildman–Crippen LogP) is 9.90. The molecule has 3 nitrogen and oxygen atoms in total. The summed E-state index contributed by atoms with van der Waals surface area (Å²) >= 11 is 0. The van der Waals surface area contributed by atoms with E-state index in [2.05, 4.69) is 19.1 Å². The Bertz CT molecular complexity index is 759. The summed E-state index contributed by atoms with van der Waals surface area (Å²) in [7, 11) is 1.70. The second-order valence-electron chi connectivity index (χ2n) is 9.57. The third kappa shape index (κ3) is 16.6. The molecule has 196 valence electrons. The van der Waals surface area contributed by atoms with E-state index in [1.165, 1.54) is 115 Å². The smallest absolute Gasteiger partial charge is 0.261 e. The topological polar surface area (TPSA) is 43.4 Å². The fourth-order valence-corrected chi connectivity index (χ4v) is 5.01. The molecule has 34 heavy (non-hydrogen) atoms. The molecular formula is C29H49ClO3S. The zero-order chi connectivity index (χ0) is 24.9. The lowest BCUT2D eigenvalue weighted by Gasteiger charge is -2.10. The number of aryl methyl sites for hydroxylation is 1. The Balaban J connectivity index is 1.86. The van der Waals surface area contributed by atoms with Gasteiger partial charge in [-0.05, 0) is 62.8 Å². The summed E-state index contributed by atoms with van der Waals surface area (Å²) in [4.78, 5) is 0.120. The molecule has 0 aliphatic carbocycles. The van der Waals surface area contributed by atoms with Crippen LogP contribution in [-0.2, 0) is 9.05 Å². The maximum atomic E-state index is 11.4. The van der Waals surface area contributed by atoms with Crippen LogP contribution in [0.2, 0.25) is 0 Å². The van der Waals surface area contributed by atoms with E-state index in [1.807, 2.05) is 6.92 Å². The molecule has 0 unspecified atom stereocenters. The van der Waals surface area contributed by atoms with Crippen molar-refractivity contribution in [2.75, 3.05) is 6.61 Å². The van der Waals surface area contributed by atoms with Gasteiger partial charge in [0, 0.05) is 10.7 Å². The average molecular weight is 513 g/mol. The van der Waals surface area contributed by atoms with Crippen molar-refractivity contribution in [3.63, 3.8) is 0 Å². The number of hydrogen-bond donors (Lipinski definition) is 0. The fraction of sp³-hybridized carbons (Fsp3) is 0.724. The van der Waals surface area contributed by atoms with Crippen LogP contribution in [0.5, 0.6) is 5.75 Å². The molecule has 0 atom stereocenters. The minimum atomic E-state index is -3.68. The first-order valence-electron chi connectivity index (χ1n) is 13.8. The van der Waals surface area contributed by atoms with E-state index in [4.69, 9.17) is 15.4 Å². The molecule has 5 heteroatoms. The molecule has 1 rings (SSSR count). The summed E-state index contributed by atoms with van der Waals surface area (Å²) in [5.74, 6) is 0.734. The maximum absolute atomic E-state index is 11.4. The van der Waals surface area contributed by atoms with Gasteiger partial charge < -0.3 is 4.74 Å². The second kappa shape index (κ2) is 20.2. The summed E-state index contributed by atoms with van der Waals surface area (Å²) in [5, 5.41) is 0. The van der Waals surface area contributed by atoms with Gasteiger partial charge in [0.05, 0.1) is 11.5 Å². The monoisotopic (exact) mass is 512 g/mol. The van der Waals surface area contributed by atoms with Crippen molar-refractivity contribution in [1.29, 1.82) is 0 Å². The predicted molar refractivity (Wildman–Crippen MR) is 148 cm³/mol. The van der Waals surface area contributed by atoms with Crippen LogP contribution in [-0.4, -0.2) is 15.0 Å². The van der Waals surface area contributed by atoms with Gasteiger partial charge in [-0.2, -0.15) is 0 Å². The third-order valence-electron chi connectivity index (χ3n) is 6.34. The Kier molecular flexibility index (Phi) is 18.5. The van der Waals surface area contributed by atoms with E-state index in [0.29, 0.717) is 6.61 Å². The molecule has 0 aliphatic rings. The van der Waals surface area contributed by atoms with Crippen LogP contribution < -0.4 is 4.74 Å². The van der Waals surface area contributed by atoms with Gasteiger partial charge in [-0.25, -0.2) is 8.42 Å². The molecule has 0 saturated carbocycles. The number of benzene rings is 1. The standard InChI is InChI=1S/C29H49ClO3S/c1-3-4-5-6-7-8-9-10-11-12-13-14-15-16-17-18-19-20-21-22-25-33-29-24-23-28(26-27(29)2)34(30,31)32/h10-11,23-24,26H,3-9,12-22,25H2,1-2H3/b11-10-. The van der Waals surface area contributed by atoms with Crippen LogP contribution in [0.25, 0.3) is 0 Å². The second-order valence-corrected chi connectivity index (χ2v) is 12.1. The maximum Gasteiger partial charge on any atom is 0.261 e. The lowest BCUT2D eigenvalue weighted by molar-refractivity contribution is 0.302. The average Bonchev–Trinajstić information content (AvgIpc) is 2.80. The molecule has 0 bridgehead atoms. The summed E-state index contributed by atoms with van der Waals surface area (Å²) in [6.45, 7) is 4.78. The van der Waals surface area contributed by atoms with Gasteiger partial charge in [0.25, 0.3) is 9.05 Å². The van der Waals surface area contributed by atoms with Gasteiger partial charge in [0.1, 0.15) is 5.75 Å². The minimum absolute atomic E-state index is 0.120. The highest BCUT2D eigenvalue weighted by molar-refractivity contribution is 8.13. The number of allylic oxidation sites excluding steroid dienone is 2. The fourth-order valence-electron chi connectivity index (χ4n) is 4.17. The van der Waals surface area contributed by atoms with Crippen molar-refractivity contribution in [3.05, 3.63) is 35.9 Å². The summed E-state index contributed by atoms with van der Waals surface area (Å²) < 4.78 is 28.5. The Hall–Kier alpha value is -1.00. The molecule has 1 aromatic rings. The van der Waals surface area contributed by atoms with Crippen molar-refractivity contribution in [2.24, 2.45) is 0 Å². The normalized spacial score (nSPS) is 12.0. The Morgan fingerprint density at radius 3 is 1.68 bits per heavy atom. The molecular weight excluding hydrogens is 464 g/mol. The highest BCUT2D eigenvalue weighted by atomic mass is 35.7. The quantitative estimate of drug-likeness (QED) is 0.0881. The first-order chi connectivity index (χ1) is 16.4. The number of halogens is 1. The molecule has 0 fully saturated rings. The van der Waals surface area contributed by atoms with Crippen LogP contribution in [0, 0.1) is 6.92 Å². The Labute approximate surface area is 215 Å². The largest absolute Gasteiger partial charge is 0.493 e. The number of unbranched alkanes of at least 4 members (excludes halogenated alkanes) is 16. The number of rotatable bonds is 22. The van der Waals surface area contributed by atoms with Crippen molar-refractivity contribution < 1.29 is 13.2 Å². The van der Waals surface area contributed by atoms with Gasteiger partial charge in [-0.15, -0.1) is 0 Å². The van der Waals surface area contributed by atoms with Crippen LogP contribution in [0.4, 0.5) is 0 Å². The van der Waals surface area contributed by atoms with E-state index in [-0.39, 0.29) is 4.90 Å². The van der Waals surface area contributed by atoms with Crippen LogP contribution >= 0.6 is 10.7 Å². The minimum Gasteiger partial charge on any atom is -0.493 e. The van der Waals surface area contributed by atoms with Crippen molar-refractivity contribution >= 4 is 19.7 Å². The molecule has 0 aromatic heterocycles. The highest BCUT2D eigenvalue weighted by Crippen LogP contribution is 2.24. The summed E-state index contributed by atoms with van der Waals surface area (Å²) in [6, 6.07) is 4.75. The van der Waals surface area contributed by atoms with Crippen LogP contribution in [0.3, 0.4) is 0 Å². The van der Waals surface area contributed by atoms with Gasteiger partial charge in [0.2, 0.25) is 0 Å². The van der Waals surface area contributed by atoms with Gasteiger partial charge >= 0.3 is 0 Å². The van der Waals surface area contributed by atoms with Crippen LogP contribution in [0.1, 0.15) is 128 Å². The summed E-state index contributed by atoms with van der Waals surface area (Å²) in [6.07, 6.45) is 28.6. The highest BCUT2D eigenvalue weighted by Gasteiger charge is 2.11. The Morgan fingerprint density at radius 2 is 1.21 bits per heavy atom. The van der Waals surface area contributed by atoms with E-state index in [1.54, 1.807) is 12.1 Å². The van der Waals surface area contributed by atoms with Gasteiger partial charge in [-0.1, -0.05) is 103 Å². The Morgan fingerprint density at radius 1 is 0.735 bits per heavy atom. The van der Waals surface area contributed by atoms with Crippen molar-refractivity contribution in [2.45, 2.75) is 134 Å². The lowest BCUT2D eigenvalue weighted by atomic mass is 10.1. The summed E-state index contributed by atoms with van der Waals surface area (Å²) in [5.41, 5.74) is 0.797. The zero-order valence-corrected chi connectivity index (χ0v) is 23.4. The molecule has 0 saturated heterocycles. The lowest BCUT2D eigenvalue weighted by Crippen LogP contribution is -2.00. The van der Waals surface area contributed by atoms with Gasteiger partial charge in [-0.3, -0.25) is 0 Å². The van der Waals surface area contributed by atoms with E-state index in [0.717, 1.165) is 17.7 Å². The molecule has 0 radical (unpaired) electrons. The molecule has 1 aromatic carbocycles. The number of ether oxygens (including phenoxy) is 1.